The molecule has 188 valence electrons. The topological polar surface area (TPSA) is 141 Å². The van der Waals surface area contributed by atoms with E-state index in [9.17, 15) is 27.2 Å². The molecule has 0 aliphatic heterocycles. The number of pyridine rings is 1. The fraction of sp³-hybridized carbons (Fsp3) is 0.160. The molecule has 2 aromatic heterocycles. The molecule has 0 saturated carbocycles. The number of alkyl halides is 3. The molecule has 0 radical (unpaired) electrons. The van der Waals surface area contributed by atoms with Gasteiger partial charge in [-0.25, -0.2) is 9.37 Å². The van der Waals surface area contributed by atoms with Gasteiger partial charge in [-0.3, -0.25) is 14.3 Å². The lowest BCUT2D eigenvalue weighted by Crippen LogP contribution is -2.21. The van der Waals surface area contributed by atoms with Crippen molar-refractivity contribution in [3.05, 3.63) is 82.1 Å². The lowest BCUT2D eigenvalue weighted by molar-refractivity contribution is -0.141. The summed E-state index contributed by atoms with van der Waals surface area (Å²) in [6.07, 6.45) is -4.82. The second kappa shape index (κ2) is 9.34. The van der Waals surface area contributed by atoms with Gasteiger partial charge < -0.3 is 11.5 Å². The molecule has 4 N–H and O–H groups in total. The van der Waals surface area contributed by atoms with E-state index >= 15 is 0 Å². The third kappa shape index (κ3) is 4.71. The van der Waals surface area contributed by atoms with Crippen LogP contribution >= 0.6 is 0 Å². The maximum Gasteiger partial charge on any atom is 0.435 e. The smallest absolute Gasteiger partial charge is 0.366 e. The van der Waals surface area contributed by atoms with Crippen LogP contribution in [0.15, 0.2) is 42.5 Å². The first-order valence-corrected chi connectivity index (χ1v) is 10.7. The maximum atomic E-state index is 14.2. The van der Waals surface area contributed by atoms with E-state index in [1.165, 1.54) is 6.92 Å². The molecule has 2 heterocycles. The Kier molecular flexibility index (Phi) is 6.39. The third-order valence-electron chi connectivity index (χ3n) is 5.79. The van der Waals surface area contributed by atoms with Gasteiger partial charge >= 0.3 is 6.18 Å². The number of amides is 2. The van der Waals surface area contributed by atoms with Gasteiger partial charge in [-0.05, 0) is 30.2 Å². The minimum absolute atomic E-state index is 0.0401. The number of carbonyl (C=O) groups is 2. The van der Waals surface area contributed by atoms with Crippen LogP contribution in [0, 0.1) is 24.1 Å². The second-order valence-electron chi connectivity index (χ2n) is 8.22. The van der Waals surface area contributed by atoms with E-state index < -0.39 is 51.9 Å². The van der Waals surface area contributed by atoms with Crippen LogP contribution < -0.4 is 11.5 Å². The van der Waals surface area contributed by atoms with Crippen LogP contribution in [0.5, 0.6) is 0 Å². The zero-order chi connectivity index (χ0) is 27.1. The average molecular weight is 510 g/mol. The van der Waals surface area contributed by atoms with Gasteiger partial charge in [-0.15, -0.1) is 0 Å². The predicted octanol–water partition coefficient (Wildman–Crippen LogP) is 3.88. The number of hydrogen-bond donors (Lipinski definition) is 2. The molecule has 0 aliphatic carbocycles. The number of nitrogens with two attached hydrogens (primary N) is 2. The number of rotatable bonds is 6. The molecule has 0 unspecified atom stereocenters. The summed E-state index contributed by atoms with van der Waals surface area (Å²) in [6, 6.07) is 11.7. The molecule has 0 saturated heterocycles. The molecule has 8 nitrogen and oxygen atoms in total. The molecule has 0 bridgehead atoms. The Morgan fingerprint density at radius 3 is 2.24 bits per heavy atom. The third-order valence-corrected chi connectivity index (χ3v) is 5.79. The van der Waals surface area contributed by atoms with Crippen molar-refractivity contribution in [2.24, 2.45) is 11.5 Å². The van der Waals surface area contributed by atoms with Gasteiger partial charge in [0.05, 0.1) is 30.1 Å². The highest BCUT2D eigenvalue weighted by Crippen LogP contribution is 2.42. The van der Waals surface area contributed by atoms with Crippen LogP contribution in [-0.4, -0.2) is 26.6 Å². The minimum Gasteiger partial charge on any atom is -0.366 e. The number of nitrogens with zero attached hydrogens (tertiary/aromatic N) is 4. The number of hydrogen-bond acceptors (Lipinski definition) is 5. The van der Waals surface area contributed by atoms with Crippen molar-refractivity contribution < 1.29 is 27.2 Å². The number of primary amides is 2. The molecule has 2 aromatic carbocycles. The molecule has 2 amide bonds. The first-order valence-electron chi connectivity index (χ1n) is 10.7. The van der Waals surface area contributed by atoms with Crippen molar-refractivity contribution in [3.8, 4) is 17.2 Å². The van der Waals surface area contributed by atoms with E-state index in [0.717, 1.165) is 28.4 Å². The Bertz CT molecular complexity index is 1600. The molecular formula is C25H18F4N6O2. The van der Waals surface area contributed by atoms with Crippen molar-refractivity contribution in [3.63, 3.8) is 0 Å². The SMILES string of the molecule is Cc1c(-c2c(C(N)=O)nc3cc(F)ccc3c2C(N)=O)c(C(F)(F)F)nn1Cc1ccc(CC#N)cc1. The maximum absolute atomic E-state index is 14.2. The highest BCUT2D eigenvalue weighted by molar-refractivity contribution is 6.15. The van der Waals surface area contributed by atoms with E-state index in [1.54, 1.807) is 24.3 Å². The Morgan fingerprint density at radius 2 is 1.68 bits per heavy atom. The van der Waals surface area contributed by atoms with E-state index in [-0.39, 0.29) is 29.6 Å². The van der Waals surface area contributed by atoms with Gasteiger partial charge in [0, 0.05) is 28.3 Å². The van der Waals surface area contributed by atoms with Crippen molar-refractivity contribution in [2.45, 2.75) is 26.1 Å². The number of carbonyl (C=O) groups excluding carboxylic acids is 2. The Balaban J connectivity index is 2.02. The lowest BCUT2D eigenvalue weighted by Gasteiger charge is -2.16. The molecule has 0 aliphatic rings. The molecule has 37 heavy (non-hydrogen) atoms. The molecular weight excluding hydrogens is 492 g/mol. The number of aromatic nitrogens is 3. The van der Waals surface area contributed by atoms with Crippen molar-refractivity contribution in [1.82, 2.24) is 14.8 Å². The molecule has 4 aromatic rings. The summed E-state index contributed by atoms with van der Waals surface area (Å²) < 4.78 is 57.6. The van der Waals surface area contributed by atoms with Gasteiger partial charge in [0.2, 0.25) is 5.91 Å². The predicted molar refractivity (Wildman–Crippen MR) is 125 cm³/mol. The summed E-state index contributed by atoms with van der Waals surface area (Å²) >= 11 is 0. The number of benzene rings is 2. The fourth-order valence-electron chi connectivity index (χ4n) is 4.14. The van der Waals surface area contributed by atoms with E-state index in [1.807, 2.05) is 6.07 Å². The summed E-state index contributed by atoms with van der Waals surface area (Å²) in [5.74, 6) is -3.15. The zero-order valence-electron chi connectivity index (χ0n) is 19.2. The first-order chi connectivity index (χ1) is 17.4. The van der Waals surface area contributed by atoms with Gasteiger partial charge in [-0.2, -0.15) is 23.5 Å². The van der Waals surface area contributed by atoms with Crippen LogP contribution in [0.25, 0.3) is 22.0 Å². The second-order valence-corrected chi connectivity index (χ2v) is 8.22. The number of nitriles is 1. The first kappa shape index (κ1) is 25.3. The Morgan fingerprint density at radius 1 is 1.03 bits per heavy atom. The Labute approximate surface area is 207 Å². The van der Waals surface area contributed by atoms with E-state index in [2.05, 4.69) is 10.1 Å². The highest BCUT2D eigenvalue weighted by Gasteiger charge is 2.41. The van der Waals surface area contributed by atoms with Crippen molar-refractivity contribution >= 4 is 22.7 Å². The zero-order valence-corrected chi connectivity index (χ0v) is 19.2. The van der Waals surface area contributed by atoms with Crippen LogP contribution in [-0.2, 0) is 19.1 Å². The van der Waals surface area contributed by atoms with Crippen LogP contribution in [0.1, 0.15) is 43.4 Å². The van der Waals surface area contributed by atoms with Crippen LogP contribution in [0.3, 0.4) is 0 Å². The van der Waals surface area contributed by atoms with E-state index in [0.29, 0.717) is 5.56 Å². The summed E-state index contributed by atoms with van der Waals surface area (Å²) in [4.78, 5) is 28.9. The van der Waals surface area contributed by atoms with Gasteiger partial charge in [0.25, 0.3) is 5.91 Å². The summed E-state index contributed by atoms with van der Waals surface area (Å²) in [5.41, 5.74) is 8.47. The Hall–Kier alpha value is -4.79. The number of halogens is 4. The molecule has 0 spiro atoms. The lowest BCUT2D eigenvalue weighted by atomic mass is 9.92. The van der Waals surface area contributed by atoms with Gasteiger partial charge in [0.1, 0.15) is 11.5 Å². The molecule has 0 fully saturated rings. The number of fused-ring (bicyclic) bond motifs is 1. The van der Waals surface area contributed by atoms with E-state index in [4.69, 9.17) is 16.7 Å². The van der Waals surface area contributed by atoms with Crippen molar-refractivity contribution in [2.75, 3.05) is 0 Å². The van der Waals surface area contributed by atoms with Gasteiger partial charge in [-0.1, -0.05) is 24.3 Å². The largest absolute Gasteiger partial charge is 0.435 e. The van der Waals surface area contributed by atoms with Crippen LogP contribution in [0.2, 0.25) is 0 Å². The summed E-state index contributed by atoms with van der Waals surface area (Å²) in [5, 5.41) is 12.5. The quantitative estimate of drug-likeness (QED) is 0.379. The summed E-state index contributed by atoms with van der Waals surface area (Å²) in [7, 11) is 0. The monoisotopic (exact) mass is 510 g/mol. The minimum atomic E-state index is -5.00. The normalized spacial score (nSPS) is 11.5. The summed E-state index contributed by atoms with van der Waals surface area (Å²) in [6.45, 7) is 1.25. The van der Waals surface area contributed by atoms with Crippen LogP contribution in [0.4, 0.5) is 17.6 Å². The molecule has 4 rings (SSSR count). The van der Waals surface area contributed by atoms with Gasteiger partial charge in [0.15, 0.2) is 5.69 Å². The highest BCUT2D eigenvalue weighted by atomic mass is 19.4. The average Bonchev–Trinajstić information content (AvgIpc) is 3.15. The fourth-order valence-corrected chi connectivity index (χ4v) is 4.14. The molecule has 0 atom stereocenters. The molecule has 12 heteroatoms. The standard InChI is InChI=1S/C25H18F4N6O2/c1-12-18(20-19(23(31)36)16-7-6-15(26)10-17(16)33-21(20)24(32)37)22(25(27,28)29)34-35(12)11-14-4-2-13(3-5-14)8-9-30/h2-7,10H,8,11H2,1H3,(H2,31,36)(H2,32,37). The van der Waals surface area contributed by atoms with Crippen molar-refractivity contribution in [1.29, 1.82) is 5.26 Å².